The lowest BCUT2D eigenvalue weighted by molar-refractivity contribution is -0.312. The second-order valence-corrected chi connectivity index (χ2v) is 8.81. The van der Waals surface area contributed by atoms with Gasteiger partial charge in [0.2, 0.25) is 0 Å². The second-order valence-electron chi connectivity index (χ2n) is 5.24. The van der Waals surface area contributed by atoms with Crippen LogP contribution in [-0.4, -0.2) is 43.1 Å². The first-order chi connectivity index (χ1) is 8.24. The van der Waals surface area contributed by atoms with E-state index in [9.17, 15) is 0 Å². The van der Waals surface area contributed by atoms with Gasteiger partial charge in [-0.15, -0.1) is 0 Å². The molecule has 100 valence electrons. The Hall–Kier alpha value is 0.314. The topological polar surface area (TPSA) is 27.7 Å². The predicted octanol–water partition coefficient (Wildman–Crippen LogP) is 1.15. The average molecular weight is 275 g/mol. The summed E-state index contributed by atoms with van der Waals surface area (Å²) >= 11 is 0. The van der Waals surface area contributed by atoms with Crippen LogP contribution in [0.1, 0.15) is 38.5 Å². The molecule has 0 aromatic heterocycles. The Morgan fingerprint density at radius 3 is 1.59 bits per heavy atom. The molecular weight excluding hydrogens is 248 g/mol. The summed E-state index contributed by atoms with van der Waals surface area (Å²) in [5.74, 6) is 0. The Bertz CT molecular complexity index is 212. The van der Waals surface area contributed by atoms with Crippen LogP contribution in [0.5, 0.6) is 0 Å². The number of hydrogen-bond donors (Lipinski definition) is 0. The van der Waals surface area contributed by atoms with Gasteiger partial charge in [-0.25, -0.2) is 0 Å². The van der Waals surface area contributed by atoms with Gasteiger partial charge in [0, 0.05) is 13.2 Å². The minimum Gasteiger partial charge on any atom is -0.354 e. The van der Waals surface area contributed by atoms with E-state index >= 15 is 0 Å². The first-order valence-electron chi connectivity index (χ1n) is 7.22. The molecule has 17 heavy (non-hydrogen) atoms. The summed E-state index contributed by atoms with van der Waals surface area (Å²) in [6, 6.07) is 0. The molecule has 2 atom stereocenters. The van der Waals surface area contributed by atoms with Crippen LogP contribution in [-0.2, 0) is 14.2 Å². The summed E-state index contributed by atoms with van der Waals surface area (Å²) < 4.78 is 18.5. The third-order valence-electron chi connectivity index (χ3n) is 4.08. The van der Waals surface area contributed by atoms with E-state index in [2.05, 4.69) is 13.1 Å². The number of rotatable bonds is 4. The molecule has 2 saturated heterocycles. The Labute approximate surface area is 109 Å². The molecule has 3 nitrogen and oxygen atoms in total. The van der Waals surface area contributed by atoms with Crippen molar-refractivity contribution in [2.24, 2.45) is 0 Å². The molecule has 0 amide bonds. The van der Waals surface area contributed by atoms with Crippen LogP contribution in [0.15, 0.2) is 0 Å². The largest absolute Gasteiger partial charge is 0.354 e. The van der Waals surface area contributed by atoms with Gasteiger partial charge in [0.15, 0.2) is 0 Å². The molecule has 2 heterocycles. The van der Waals surface area contributed by atoms with Gasteiger partial charge in [-0.05, 0) is 38.5 Å². The van der Waals surface area contributed by atoms with Gasteiger partial charge in [0.25, 0.3) is 0 Å². The average Bonchev–Trinajstić information content (AvgIpc) is 2.41. The van der Waals surface area contributed by atoms with Crippen LogP contribution in [0.2, 0.25) is 13.1 Å². The van der Waals surface area contributed by atoms with Crippen molar-refractivity contribution in [3.63, 3.8) is 0 Å². The summed E-state index contributed by atoms with van der Waals surface area (Å²) in [5, 5.41) is 0. The zero-order chi connectivity index (χ0) is 12.2. The van der Waals surface area contributed by atoms with Gasteiger partial charge in [-0.2, -0.15) is 0 Å². The SMILES string of the molecule is C[SiH2]C1(OC2([SiH2]C)CCCCO2)CCCCO1. The lowest BCUT2D eigenvalue weighted by atomic mass is 10.2. The van der Waals surface area contributed by atoms with E-state index in [0.717, 1.165) is 26.1 Å². The van der Waals surface area contributed by atoms with Crippen LogP contribution in [0.4, 0.5) is 0 Å². The molecular formula is C12H26O3Si2. The molecule has 0 saturated carbocycles. The quantitative estimate of drug-likeness (QED) is 0.720. The maximum Gasteiger partial charge on any atom is 0.147 e. The van der Waals surface area contributed by atoms with Crippen LogP contribution < -0.4 is 0 Å². The Balaban J connectivity index is 2.04. The van der Waals surface area contributed by atoms with E-state index in [1.165, 1.54) is 25.7 Å². The molecule has 2 aliphatic heterocycles. The van der Waals surface area contributed by atoms with Gasteiger partial charge in [-0.3, -0.25) is 0 Å². The minimum atomic E-state index is -0.332. The zero-order valence-corrected chi connectivity index (χ0v) is 14.1. The van der Waals surface area contributed by atoms with E-state index < -0.39 is 0 Å². The number of hydrogen-bond acceptors (Lipinski definition) is 3. The smallest absolute Gasteiger partial charge is 0.147 e. The van der Waals surface area contributed by atoms with Crippen molar-refractivity contribution in [1.82, 2.24) is 0 Å². The molecule has 0 spiro atoms. The lowest BCUT2D eigenvalue weighted by Crippen LogP contribution is -2.55. The van der Waals surface area contributed by atoms with Crippen molar-refractivity contribution in [3.05, 3.63) is 0 Å². The van der Waals surface area contributed by atoms with Crippen LogP contribution >= 0.6 is 0 Å². The highest BCUT2D eigenvalue weighted by Crippen LogP contribution is 2.34. The standard InChI is InChI=1S/C12H26O3Si2/c1-16-11(7-3-5-9-13-11)15-12(17-2)8-4-6-10-14-12/h3-10,16-17H2,1-2H3. The van der Waals surface area contributed by atoms with Gasteiger partial charge in [0.05, 0.1) is 19.0 Å². The third-order valence-corrected chi connectivity index (χ3v) is 7.64. The van der Waals surface area contributed by atoms with Gasteiger partial charge < -0.3 is 14.2 Å². The molecule has 0 aliphatic carbocycles. The van der Waals surface area contributed by atoms with Crippen molar-refractivity contribution < 1.29 is 14.2 Å². The van der Waals surface area contributed by atoms with Crippen LogP contribution in [0, 0.1) is 0 Å². The fourth-order valence-electron chi connectivity index (χ4n) is 2.86. The Morgan fingerprint density at radius 1 is 0.824 bits per heavy atom. The van der Waals surface area contributed by atoms with Crippen molar-refractivity contribution >= 4 is 19.0 Å². The van der Waals surface area contributed by atoms with E-state index in [0.29, 0.717) is 0 Å². The molecule has 0 radical (unpaired) electrons. The maximum absolute atomic E-state index is 6.48. The van der Waals surface area contributed by atoms with E-state index in [-0.39, 0.29) is 29.9 Å². The molecule has 2 unspecified atom stereocenters. The van der Waals surface area contributed by atoms with Gasteiger partial charge >= 0.3 is 0 Å². The summed E-state index contributed by atoms with van der Waals surface area (Å²) in [7, 11) is -0.664. The molecule has 2 aliphatic rings. The Morgan fingerprint density at radius 2 is 1.29 bits per heavy atom. The monoisotopic (exact) mass is 274 g/mol. The first-order valence-corrected chi connectivity index (χ1v) is 11.5. The third kappa shape index (κ3) is 3.20. The molecule has 2 rings (SSSR count). The van der Waals surface area contributed by atoms with Crippen molar-refractivity contribution in [2.75, 3.05) is 13.2 Å². The highest BCUT2D eigenvalue weighted by molar-refractivity contribution is 6.39. The highest BCUT2D eigenvalue weighted by Gasteiger charge is 2.43. The highest BCUT2D eigenvalue weighted by atomic mass is 28.2. The van der Waals surface area contributed by atoms with Gasteiger partial charge in [-0.1, -0.05) is 13.1 Å². The summed E-state index contributed by atoms with van der Waals surface area (Å²) in [6.45, 7) is 6.36. The van der Waals surface area contributed by atoms with E-state index in [1.807, 2.05) is 0 Å². The maximum atomic E-state index is 6.48. The normalized spacial score (nSPS) is 40.6. The minimum absolute atomic E-state index is 0.210. The summed E-state index contributed by atoms with van der Waals surface area (Å²) in [4.78, 5) is 0. The summed E-state index contributed by atoms with van der Waals surface area (Å²) in [5.41, 5.74) is -0.419. The predicted molar refractivity (Wildman–Crippen MR) is 75.0 cm³/mol. The molecule has 0 bridgehead atoms. The van der Waals surface area contributed by atoms with E-state index in [1.54, 1.807) is 0 Å². The van der Waals surface area contributed by atoms with E-state index in [4.69, 9.17) is 14.2 Å². The fraction of sp³-hybridized carbons (Fsp3) is 1.00. The molecule has 0 aromatic rings. The summed E-state index contributed by atoms with van der Waals surface area (Å²) in [6.07, 6.45) is 7.07. The van der Waals surface area contributed by atoms with Crippen molar-refractivity contribution in [1.29, 1.82) is 0 Å². The first kappa shape index (κ1) is 13.7. The molecule has 5 heteroatoms. The second kappa shape index (κ2) is 5.97. The number of ether oxygens (including phenoxy) is 3. The van der Waals surface area contributed by atoms with Gasteiger partial charge in [0.1, 0.15) is 10.8 Å². The molecule has 0 N–H and O–H groups in total. The molecule has 0 aromatic carbocycles. The zero-order valence-electron chi connectivity index (χ0n) is 11.3. The van der Waals surface area contributed by atoms with Crippen LogP contribution in [0.25, 0.3) is 0 Å². The van der Waals surface area contributed by atoms with Crippen LogP contribution in [0.3, 0.4) is 0 Å². The van der Waals surface area contributed by atoms with Crippen molar-refractivity contribution in [3.8, 4) is 0 Å². The van der Waals surface area contributed by atoms with Crippen molar-refractivity contribution in [2.45, 2.75) is 62.4 Å². The molecule has 2 fully saturated rings. The lowest BCUT2D eigenvalue weighted by Gasteiger charge is -2.46. The fourth-order valence-corrected chi connectivity index (χ4v) is 5.78. The Kier molecular flexibility index (Phi) is 4.83.